The number of rotatable bonds is 5. The number of amides is 1. The van der Waals surface area contributed by atoms with Crippen LogP contribution in [0.5, 0.6) is 0 Å². The van der Waals surface area contributed by atoms with E-state index in [2.05, 4.69) is 26.3 Å². The smallest absolute Gasteiger partial charge is 0.224 e. The molecule has 3 heterocycles. The van der Waals surface area contributed by atoms with E-state index in [1.165, 1.54) is 0 Å². The number of nitrogens with one attached hydrogen (secondary N) is 1. The number of pyridine rings is 2. The Morgan fingerprint density at radius 3 is 2.62 bits per heavy atom. The maximum absolute atomic E-state index is 12.6. The molecule has 0 radical (unpaired) electrons. The van der Waals surface area contributed by atoms with E-state index in [0.29, 0.717) is 31.6 Å². The van der Waals surface area contributed by atoms with Gasteiger partial charge in [-0.2, -0.15) is 5.26 Å². The molecule has 1 aromatic carbocycles. The number of para-hydroxylation sites is 1. The summed E-state index contributed by atoms with van der Waals surface area (Å²) in [5.74, 6) is 1.07. The van der Waals surface area contributed by atoms with Crippen LogP contribution in [0.2, 0.25) is 0 Å². The molecular weight excluding hydrogens is 364 g/mol. The minimum Gasteiger partial charge on any atom is -0.383 e. The number of carbonyl (C=O) groups excluding carboxylic acids is 1. The predicted octanol–water partition coefficient (Wildman–Crippen LogP) is 2.65. The topological polar surface area (TPSA) is 85.1 Å². The molecule has 0 saturated carbocycles. The van der Waals surface area contributed by atoms with Crippen LogP contribution in [0, 0.1) is 11.3 Å². The summed E-state index contributed by atoms with van der Waals surface area (Å²) < 4.78 is 0. The summed E-state index contributed by atoms with van der Waals surface area (Å²) in [6.07, 6.45) is 3.74. The first kappa shape index (κ1) is 18.7. The Kier molecular flexibility index (Phi) is 5.52. The zero-order chi connectivity index (χ0) is 20.1. The number of fused-ring (bicyclic) bond motifs is 1. The van der Waals surface area contributed by atoms with Crippen molar-refractivity contribution >= 4 is 28.3 Å². The molecular formula is C22H22N6O. The summed E-state index contributed by atoms with van der Waals surface area (Å²) in [7, 11) is 0. The van der Waals surface area contributed by atoms with E-state index in [-0.39, 0.29) is 5.91 Å². The van der Waals surface area contributed by atoms with Crippen LogP contribution in [0.25, 0.3) is 10.9 Å². The molecule has 1 amide bonds. The highest BCUT2D eigenvalue weighted by Gasteiger charge is 2.21. The van der Waals surface area contributed by atoms with Gasteiger partial charge in [0.25, 0.3) is 0 Å². The zero-order valence-electron chi connectivity index (χ0n) is 16.1. The fourth-order valence-electron chi connectivity index (χ4n) is 3.59. The Bertz CT molecular complexity index is 1040. The van der Waals surface area contributed by atoms with Crippen LogP contribution in [0.1, 0.15) is 12.0 Å². The van der Waals surface area contributed by atoms with E-state index in [0.717, 1.165) is 35.5 Å². The molecule has 0 unspecified atom stereocenters. The average molecular weight is 386 g/mol. The van der Waals surface area contributed by atoms with E-state index in [9.17, 15) is 10.1 Å². The Hall–Kier alpha value is -3.66. The molecule has 1 aliphatic heterocycles. The Morgan fingerprint density at radius 2 is 1.86 bits per heavy atom. The van der Waals surface area contributed by atoms with Crippen molar-refractivity contribution in [2.24, 2.45) is 0 Å². The minimum atomic E-state index is 0.120. The van der Waals surface area contributed by atoms with Gasteiger partial charge in [-0.25, -0.2) is 4.98 Å². The molecule has 1 fully saturated rings. The highest BCUT2D eigenvalue weighted by molar-refractivity contribution is 5.94. The molecule has 1 aliphatic rings. The molecule has 1 N–H and O–H groups in total. The van der Waals surface area contributed by atoms with E-state index in [4.69, 9.17) is 0 Å². The lowest BCUT2D eigenvalue weighted by atomic mass is 10.1. The van der Waals surface area contributed by atoms with Crippen LogP contribution in [-0.2, 0) is 4.79 Å². The van der Waals surface area contributed by atoms with Crippen LogP contribution in [0.4, 0.5) is 11.5 Å². The third kappa shape index (κ3) is 4.11. The lowest BCUT2D eigenvalue weighted by molar-refractivity contribution is -0.131. The molecule has 7 nitrogen and oxygen atoms in total. The van der Waals surface area contributed by atoms with Gasteiger partial charge in [-0.1, -0.05) is 24.3 Å². The Labute approximate surface area is 169 Å². The predicted molar refractivity (Wildman–Crippen MR) is 113 cm³/mol. The number of benzene rings is 1. The second-order valence-electron chi connectivity index (χ2n) is 6.91. The number of piperazine rings is 1. The molecule has 0 atom stereocenters. The third-order valence-electron chi connectivity index (χ3n) is 5.14. The van der Waals surface area contributed by atoms with Crippen molar-refractivity contribution in [1.29, 1.82) is 5.26 Å². The van der Waals surface area contributed by atoms with E-state index < -0.39 is 0 Å². The van der Waals surface area contributed by atoms with E-state index in [1.54, 1.807) is 12.4 Å². The number of hydrogen-bond acceptors (Lipinski definition) is 6. The number of anilines is 2. The largest absolute Gasteiger partial charge is 0.383 e. The van der Waals surface area contributed by atoms with Crippen LogP contribution in [0.3, 0.4) is 0 Å². The second kappa shape index (κ2) is 8.57. The van der Waals surface area contributed by atoms with Gasteiger partial charge in [0, 0.05) is 56.9 Å². The molecule has 3 aromatic rings. The number of nitriles is 1. The van der Waals surface area contributed by atoms with Gasteiger partial charge in [0.05, 0.1) is 16.8 Å². The number of nitrogens with zero attached hydrogens (tertiary/aromatic N) is 5. The Balaban J connectivity index is 1.33. The summed E-state index contributed by atoms with van der Waals surface area (Å²) in [6.45, 7) is 3.42. The first-order valence-corrected chi connectivity index (χ1v) is 9.72. The minimum absolute atomic E-state index is 0.120. The standard InChI is InChI=1S/C22H22N6O/c23-15-17-16-26-19-6-2-1-5-18(19)22(17)25-10-8-21(29)28-13-11-27(12-14-28)20-7-3-4-9-24-20/h1-7,9,16H,8,10-14H2,(H,25,26). The summed E-state index contributed by atoms with van der Waals surface area (Å²) >= 11 is 0. The molecule has 7 heteroatoms. The van der Waals surface area contributed by atoms with Gasteiger partial charge in [0.2, 0.25) is 5.91 Å². The maximum Gasteiger partial charge on any atom is 0.224 e. The van der Waals surface area contributed by atoms with Crippen molar-refractivity contribution < 1.29 is 4.79 Å². The molecule has 1 saturated heterocycles. The van der Waals surface area contributed by atoms with Gasteiger partial charge in [-0.05, 0) is 18.2 Å². The van der Waals surface area contributed by atoms with Crippen molar-refractivity contribution in [2.75, 3.05) is 42.9 Å². The van der Waals surface area contributed by atoms with Gasteiger partial charge in [-0.15, -0.1) is 0 Å². The Morgan fingerprint density at radius 1 is 1.07 bits per heavy atom. The molecule has 4 rings (SSSR count). The SMILES string of the molecule is N#Cc1cnc2ccccc2c1NCCC(=O)N1CCN(c2ccccn2)CC1. The van der Waals surface area contributed by atoms with Crippen molar-refractivity contribution in [3.05, 3.63) is 60.4 Å². The van der Waals surface area contributed by atoms with Crippen LogP contribution < -0.4 is 10.2 Å². The number of carbonyl (C=O) groups is 1. The van der Waals surface area contributed by atoms with Gasteiger partial charge in [-0.3, -0.25) is 9.78 Å². The fourth-order valence-corrected chi connectivity index (χ4v) is 3.59. The second-order valence-corrected chi connectivity index (χ2v) is 6.91. The maximum atomic E-state index is 12.6. The van der Waals surface area contributed by atoms with Crippen molar-refractivity contribution in [3.8, 4) is 6.07 Å². The number of aromatic nitrogens is 2. The summed E-state index contributed by atoms with van der Waals surface area (Å²) in [6, 6.07) is 15.7. The lowest BCUT2D eigenvalue weighted by Gasteiger charge is -2.35. The van der Waals surface area contributed by atoms with Gasteiger partial charge in [0.15, 0.2) is 0 Å². The highest BCUT2D eigenvalue weighted by Crippen LogP contribution is 2.25. The molecule has 0 bridgehead atoms. The molecule has 0 aliphatic carbocycles. The first-order chi connectivity index (χ1) is 14.3. The fraction of sp³-hybridized carbons (Fsp3) is 0.273. The molecule has 29 heavy (non-hydrogen) atoms. The quantitative estimate of drug-likeness (QED) is 0.726. The molecule has 2 aromatic heterocycles. The number of hydrogen-bond donors (Lipinski definition) is 1. The molecule has 0 spiro atoms. The highest BCUT2D eigenvalue weighted by atomic mass is 16.2. The lowest BCUT2D eigenvalue weighted by Crippen LogP contribution is -2.49. The summed E-state index contributed by atoms with van der Waals surface area (Å²) in [5, 5.41) is 13.6. The van der Waals surface area contributed by atoms with E-state index in [1.807, 2.05) is 47.4 Å². The van der Waals surface area contributed by atoms with Crippen molar-refractivity contribution in [3.63, 3.8) is 0 Å². The zero-order valence-corrected chi connectivity index (χ0v) is 16.1. The average Bonchev–Trinajstić information content (AvgIpc) is 2.79. The van der Waals surface area contributed by atoms with Crippen LogP contribution >= 0.6 is 0 Å². The first-order valence-electron chi connectivity index (χ1n) is 9.72. The van der Waals surface area contributed by atoms with E-state index >= 15 is 0 Å². The van der Waals surface area contributed by atoms with Gasteiger partial charge < -0.3 is 15.1 Å². The third-order valence-corrected chi connectivity index (χ3v) is 5.14. The van der Waals surface area contributed by atoms with Crippen LogP contribution in [0.15, 0.2) is 54.9 Å². The van der Waals surface area contributed by atoms with Crippen molar-refractivity contribution in [1.82, 2.24) is 14.9 Å². The van der Waals surface area contributed by atoms with Gasteiger partial charge in [0.1, 0.15) is 11.9 Å². The molecule has 146 valence electrons. The summed E-state index contributed by atoms with van der Waals surface area (Å²) in [5.41, 5.74) is 2.05. The van der Waals surface area contributed by atoms with Gasteiger partial charge >= 0.3 is 0 Å². The normalized spacial score (nSPS) is 13.9. The summed E-state index contributed by atoms with van der Waals surface area (Å²) in [4.78, 5) is 25.4. The van der Waals surface area contributed by atoms with Crippen molar-refractivity contribution in [2.45, 2.75) is 6.42 Å². The van der Waals surface area contributed by atoms with Crippen LogP contribution in [-0.4, -0.2) is 53.5 Å². The monoisotopic (exact) mass is 386 g/mol.